The highest BCUT2D eigenvalue weighted by Crippen LogP contribution is 2.28. The number of aryl methyl sites for hydroxylation is 2. The monoisotopic (exact) mass is 386 g/mol. The van der Waals surface area contributed by atoms with Gasteiger partial charge in [-0.2, -0.15) is 0 Å². The molecule has 5 nitrogen and oxygen atoms in total. The summed E-state index contributed by atoms with van der Waals surface area (Å²) in [6.07, 6.45) is 2.89. The Morgan fingerprint density at radius 3 is 2.56 bits per heavy atom. The van der Waals surface area contributed by atoms with Gasteiger partial charge in [-0.3, -0.25) is 9.10 Å². The average molecular weight is 387 g/mol. The molecule has 0 spiro atoms. The highest BCUT2D eigenvalue weighted by atomic mass is 32.2. The third-order valence-electron chi connectivity index (χ3n) is 5.12. The first-order valence-electron chi connectivity index (χ1n) is 9.20. The predicted molar refractivity (Wildman–Crippen MR) is 110 cm³/mol. The molecule has 0 fully saturated rings. The summed E-state index contributed by atoms with van der Waals surface area (Å²) in [6.45, 7) is 4.96. The molecule has 0 radical (unpaired) electrons. The Kier molecular flexibility index (Phi) is 5.56. The molecule has 2 aromatic rings. The Morgan fingerprint density at radius 1 is 1.11 bits per heavy atom. The number of sulfonamides is 1. The zero-order valence-electron chi connectivity index (χ0n) is 16.1. The number of amides is 1. The van der Waals surface area contributed by atoms with E-state index < -0.39 is 10.0 Å². The zero-order valence-corrected chi connectivity index (χ0v) is 16.9. The lowest BCUT2D eigenvalue weighted by Gasteiger charge is -2.24. The minimum absolute atomic E-state index is 0.0495. The summed E-state index contributed by atoms with van der Waals surface area (Å²) in [5.41, 5.74) is 5.00. The Hall–Kier alpha value is -2.34. The summed E-state index contributed by atoms with van der Waals surface area (Å²) in [6, 6.07) is 13.6. The van der Waals surface area contributed by atoms with Crippen LogP contribution in [-0.2, 0) is 21.2 Å². The normalized spacial score (nSPS) is 13.5. The Bertz CT molecular complexity index is 954. The largest absolute Gasteiger partial charge is 0.312 e. The molecular weight excluding hydrogens is 360 g/mol. The van der Waals surface area contributed by atoms with E-state index in [0.29, 0.717) is 31.6 Å². The second-order valence-electron chi connectivity index (χ2n) is 7.13. The van der Waals surface area contributed by atoms with E-state index in [1.807, 2.05) is 61.2 Å². The van der Waals surface area contributed by atoms with Gasteiger partial charge < -0.3 is 4.90 Å². The van der Waals surface area contributed by atoms with Crippen molar-refractivity contribution in [3.8, 4) is 0 Å². The molecule has 2 aromatic carbocycles. The first-order chi connectivity index (χ1) is 12.8. The molecule has 0 aliphatic carbocycles. The van der Waals surface area contributed by atoms with E-state index in [9.17, 15) is 13.2 Å². The quantitative estimate of drug-likeness (QED) is 0.764. The molecule has 0 aromatic heterocycles. The van der Waals surface area contributed by atoms with Crippen LogP contribution in [0.3, 0.4) is 0 Å². The van der Waals surface area contributed by atoms with Gasteiger partial charge in [-0.25, -0.2) is 8.42 Å². The maximum Gasteiger partial charge on any atom is 0.232 e. The molecule has 1 heterocycles. The number of carbonyl (C=O) groups excluding carboxylic acids is 1. The van der Waals surface area contributed by atoms with Gasteiger partial charge in [0.2, 0.25) is 15.9 Å². The van der Waals surface area contributed by atoms with E-state index in [4.69, 9.17) is 0 Å². The molecule has 144 valence electrons. The molecule has 0 unspecified atom stereocenters. The van der Waals surface area contributed by atoms with Gasteiger partial charge in [0.15, 0.2) is 0 Å². The van der Waals surface area contributed by atoms with Crippen LogP contribution in [0.15, 0.2) is 42.5 Å². The lowest BCUT2D eigenvalue weighted by atomic mass is 10.1. The molecule has 6 heteroatoms. The van der Waals surface area contributed by atoms with Gasteiger partial charge in [0.25, 0.3) is 0 Å². The molecule has 1 aliphatic rings. The first kappa shape index (κ1) is 19.4. The number of carbonyl (C=O) groups is 1. The van der Waals surface area contributed by atoms with Crippen molar-refractivity contribution in [2.24, 2.45) is 0 Å². The van der Waals surface area contributed by atoms with Crippen LogP contribution < -0.4 is 9.21 Å². The van der Waals surface area contributed by atoms with Crippen molar-refractivity contribution in [3.05, 3.63) is 59.2 Å². The molecule has 27 heavy (non-hydrogen) atoms. The number of benzene rings is 2. The second-order valence-corrected chi connectivity index (χ2v) is 9.04. The van der Waals surface area contributed by atoms with Crippen molar-refractivity contribution in [2.45, 2.75) is 33.1 Å². The van der Waals surface area contributed by atoms with Crippen LogP contribution in [0.2, 0.25) is 0 Å². The van der Waals surface area contributed by atoms with Crippen LogP contribution in [0.25, 0.3) is 0 Å². The van der Waals surface area contributed by atoms with Gasteiger partial charge in [0, 0.05) is 25.2 Å². The van der Waals surface area contributed by atoms with Gasteiger partial charge in [-0.1, -0.05) is 24.3 Å². The van der Waals surface area contributed by atoms with E-state index in [-0.39, 0.29) is 5.91 Å². The maximum absolute atomic E-state index is 12.6. The third kappa shape index (κ3) is 4.33. The molecule has 1 amide bonds. The van der Waals surface area contributed by atoms with Crippen molar-refractivity contribution in [2.75, 3.05) is 28.6 Å². The van der Waals surface area contributed by atoms with Crippen molar-refractivity contribution in [1.82, 2.24) is 0 Å². The number of hydrogen-bond donors (Lipinski definition) is 0. The third-order valence-corrected chi connectivity index (χ3v) is 6.31. The highest BCUT2D eigenvalue weighted by Gasteiger charge is 2.24. The molecule has 1 aliphatic heterocycles. The van der Waals surface area contributed by atoms with E-state index in [0.717, 1.165) is 23.2 Å². The fraction of sp³-hybridized carbons (Fsp3) is 0.381. The number of para-hydroxylation sites is 1. The predicted octanol–water partition coefficient (Wildman–Crippen LogP) is 3.44. The zero-order chi connectivity index (χ0) is 19.6. The summed E-state index contributed by atoms with van der Waals surface area (Å²) < 4.78 is 25.9. The molecule has 0 atom stereocenters. The number of anilines is 2. The lowest BCUT2D eigenvalue weighted by molar-refractivity contribution is -0.118. The van der Waals surface area contributed by atoms with E-state index >= 15 is 0 Å². The topological polar surface area (TPSA) is 57.7 Å². The van der Waals surface area contributed by atoms with Crippen molar-refractivity contribution in [3.63, 3.8) is 0 Å². The minimum atomic E-state index is -3.40. The fourth-order valence-corrected chi connectivity index (χ4v) is 4.43. The van der Waals surface area contributed by atoms with Gasteiger partial charge in [0.1, 0.15) is 0 Å². The Morgan fingerprint density at radius 2 is 1.85 bits per heavy atom. The number of rotatable bonds is 6. The summed E-state index contributed by atoms with van der Waals surface area (Å²) in [5, 5.41) is 0. The van der Waals surface area contributed by atoms with Crippen LogP contribution in [0.1, 0.15) is 29.5 Å². The van der Waals surface area contributed by atoms with Gasteiger partial charge in [-0.15, -0.1) is 0 Å². The van der Waals surface area contributed by atoms with Gasteiger partial charge in [-0.05, 0) is 61.6 Å². The fourth-order valence-electron chi connectivity index (χ4n) is 3.47. The van der Waals surface area contributed by atoms with Crippen molar-refractivity contribution in [1.29, 1.82) is 0 Å². The molecule has 3 rings (SSSR count). The summed E-state index contributed by atoms with van der Waals surface area (Å²) in [5.74, 6) is 0.0495. The molecule has 0 saturated carbocycles. The summed E-state index contributed by atoms with van der Waals surface area (Å²) >= 11 is 0. The number of fused-ring (bicyclic) bond motifs is 1. The maximum atomic E-state index is 12.6. The molecule has 0 saturated heterocycles. The standard InChI is InChI=1S/C21H26N2O3S/c1-16-10-11-19(15-17(16)2)23(27(3,25)26)13-6-9-21(24)22-14-12-18-7-4-5-8-20(18)22/h4-5,7-8,10-11,15H,6,9,12-14H2,1-3H3. The average Bonchev–Trinajstić information content (AvgIpc) is 3.04. The van der Waals surface area contributed by atoms with Crippen molar-refractivity contribution < 1.29 is 13.2 Å². The number of nitrogens with zero attached hydrogens (tertiary/aromatic N) is 2. The van der Waals surface area contributed by atoms with E-state index in [2.05, 4.69) is 0 Å². The SMILES string of the molecule is Cc1ccc(N(CCCC(=O)N2CCc3ccccc32)S(C)(=O)=O)cc1C. The van der Waals surface area contributed by atoms with Crippen molar-refractivity contribution >= 4 is 27.3 Å². The Balaban J connectivity index is 1.66. The molecule has 0 N–H and O–H groups in total. The van der Waals surface area contributed by atoms with Gasteiger partial charge in [0.05, 0.1) is 11.9 Å². The summed E-state index contributed by atoms with van der Waals surface area (Å²) in [7, 11) is -3.40. The summed E-state index contributed by atoms with van der Waals surface area (Å²) in [4.78, 5) is 14.4. The first-order valence-corrected chi connectivity index (χ1v) is 11.1. The number of hydrogen-bond acceptors (Lipinski definition) is 3. The van der Waals surface area contributed by atoms with Crippen LogP contribution in [0.4, 0.5) is 11.4 Å². The Labute approximate surface area is 161 Å². The van der Waals surface area contributed by atoms with Gasteiger partial charge >= 0.3 is 0 Å². The van der Waals surface area contributed by atoms with Crippen LogP contribution in [0.5, 0.6) is 0 Å². The van der Waals surface area contributed by atoms with E-state index in [1.165, 1.54) is 16.1 Å². The smallest absolute Gasteiger partial charge is 0.232 e. The molecule has 0 bridgehead atoms. The van der Waals surface area contributed by atoms with E-state index in [1.54, 1.807) is 0 Å². The second kappa shape index (κ2) is 7.72. The highest BCUT2D eigenvalue weighted by molar-refractivity contribution is 7.92. The minimum Gasteiger partial charge on any atom is -0.312 e. The van der Waals surface area contributed by atoms with Crippen LogP contribution in [0, 0.1) is 13.8 Å². The molecular formula is C21H26N2O3S. The lowest BCUT2D eigenvalue weighted by Crippen LogP contribution is -2.33. The van der Waals surface area contributed by atoms with Crippen LogP contribution >= 0.6 is 0 Å². The van der Waals surface area contributed by atoms with Crippen LogP contribution in [-0.4, -0.2) is 33.7 Å².